The average molecular weight is 429 g/mol. The lowest BCUT2D eigenvalue weighted by atomic mass is 10.1. The van der Waals surface area contributed by atoms with E-state index in [1.807, 2.05) is 30.3 Å². The molecule has 0 bridgehead atoms. The number of nitrogens with zero attached hydrogens (tertiary/aromatic N) is 1. The second-order valence-electron chi connectivity index (χ2n) is 6.42. The average Bonchev–Trinajstić information content (AvgIpc) is 2.66. The number of carbonyl (C=O) groups is 1. The zero-order valence-electron chi connectivity index (χ0n) is 15.8. The predicted octanol–water partition coefficient (Wildman–Crippen LogP) is 2.83. The fourth-order valence-corrected chi connectivity index (χ4v) is 4.11. The summed E-state index contributed by atoms with van der Waals surface area (Å²) in [7, 11) is -3.71. The van der Waals surface area contributed by atoms with Gasteiger partial charge in [0.15, 0.2) is 9.84 Å². The molecule has 1 amide bonds. The molecule has 2 rings (SSSR count). The van der Waals surface area contributed by atoms with Gasteiger partial charge < -0.3 is 10.6 Å². The van der Waals surface area contributed by atoms with E-state index in [2.05, 4.69) is 0 Å². The molecule has 2 N–H and O–H groups in total. The minimum Gasteiger partial charge on any atom is -0.341 e. The monoisotopic (exact) mass is 428 g/mol. The van der Waals surface area contributed by atoms with Gasteiger partial charge in [-0.2, -0.15) is 0 Å². The van der Waals surface area contributed by atoms with Crippen LogP contribution in [0.25, 0.3) is 0 Å². The highest BCUT2D eigenvalue weighted by Crippen LogP contribution is 2.19. The van der Waals surface area contributed by atoms with Gasteiger partial charge in [-0.1, -0.05) is 30.3 Å². The molecule has 0 saturated heterocycles. The molecule has 0 aliphatic rings. The third-order valence-electron chi connectivity index (χ3n) is 4.40. The van der Waals surface area contributed by atoms with Crippen LogP contribution in [0.4, 0.5) is 4.39 Å². The van der Waals surface area contributed by atoms with Gasteiger partial charge in [0.1, 0.15) is 5.82 Å². The van der Waals surface area contributed by atoms with Crippen molar-refractivity contribution < 1.29 is 17.6 Å². The van der Waals surface area contributed by atoms with E-state index >= 15 is 0 Å². The van der Waals surface area contributed by atoms with E-state index in [0.29, 0.717) is 26.1 Å². The third-order valence-corrected chi connectivity index (χ3v) is 6.55. The van der Waals surface area contributed by atoms with Gasteiger partial charge in [-0.15, -0.1) is 12.4 Å². The summed E-state index contributed by atoms with van der Waals surface area (Å²) in [5.41, 5.74) is 6.71. The molecule has 0 spiro atoms. The highest BCUT2D eigenvalue weighted by atomic mass is 35.5. The summed E-state index contributed by atoms with van der Waals surface area (Å²) in [4.78, 5) is 14.3. The molecular formula is C20H26ClFN2O3S. The lowest BCUT2D eigenvalue weighted by molar-refractivity contribution is -0.131. The standard InChI is InChI=1S/C20H25FN2O3S.ClH/c1-16(27(25,26)19-9-7-18(21)8-10-19)15-20(24)23(14-12-22)13-11-17-5-3-2-4-6-17;/h2-10,16H,11-15,22H2,1H3;1H. The quantitative estimate of drug-likeness (QED) is 0.623. The van der Waals surface area contributed by atoms with Crippen molar-refractivity contribution in [1.29, 1.82) is 0 Å². The SMILES string of the molecule is CC(CC(=O)N(CCN)CCc1ccccc1)S(=O)(=O)c1ccc(F)cc1.Cl. The summed E-state index contributed by atoms with van der Waals surface area (Å²) in [6.07, 6.45) is 0.528. The van der Waals surface area contributed by atoms with E-state index in [0.717, 1.165) is 17.7 Å². The number of amides is 1. The van der Waals surface area contributed by atoms with Crippen molar-refractivity contribution >= 4 is 28.2 Å². The molecule has 5 nitrogen and oxygen atoms in total. The van der Waals surface area contributed by atoms with Gasteiger partial charge in [0.25, 0.3) is 0 Å². The van der Waals surface area contributed by atoms with E-state index in [1.165, 1.54) is 19.1 Å². The summed E-state index contributed by atoms with van der Waals surface area (Å²) in [6.45, 7) is 2.65. The normalized spacial score (nSPS) is 12.1. The zero-order valence-corrected chi connectivity index (χ0v) is 17.4. The molecule has 0 fully saturated rings. The van der Waals surface area contributed by atoms with Crippen molar-refractivity contribution in [2.45, 2.75) is 29.9 Å². The van der Waals surface area contributed by atoms with E-state index in [1.54, 1.807) is 4.90 Å². The highest BCUT2D eigenvalue weighted by Gasteiger charge is 2.27. The van der Waals surface area contributed by atoms with Crippen molar-refractivity contribution in [1.82, 2.24) is 4.90 Å². The van der Waals surface area contributed by atoms with E-state index in [4.69, 9.17) is 5.73 Å². The first-order valence-electron chi connectivity index (χ1n) is 8.86. The number of hydrogen-bond acceptors (Lipinski definition) is 4. The molecule has 0 aliphatic heterocycles. The van der Waals surface area contributed by atoms with Crippen LogP contribution in [0.1, 0.15) is 18.9 Å². The molecule has 2 aromatic rings. The van der Waals surface area contributed by atoms with E-state index < -0.39 is 20.9 Å². The largest absolute Gasteiger partial charge is 0.341 e. The summed E-state index contributed by atoms with van der Waals surface area (Å²) in [6, 6.07) is 14.4. The summed E-state index contributed by atoms with van der Waals surface area (Å²) in [5.74, 6) is -0.762. The van der Waals surface area contributed by atoms with Crippen LogP contribution in [0.5, 0.6) is 0 Å². The zero-order chi connectivity index (χ0) is 19.9. The Morgan fingerprint density at radius 1 is 1.07 bits per heavy atom. The van der Waals surface area contributed by atoms with Crippen LogP contribution in [-0.4, -0.2) is 44.1 Å². The number of carbonyl (C=O) groups excluding carboxylic acids is 1. The maximum Gasteiger partial charge on any atom is 0.223 e. The third kappa shape index (κ3) is 6.58. The minimum absolute atomic E-state index is 0. The van der Waals surface area contributed by atoms with Gasteiger partial charge in [0.05, 0.1) is 10.1 Å². The fourth-order valence-electron chi connectivity index (χ4n) is 2.77. The molecule has 0 radical (unpaired) electrons. The van der Waals surface area contributed by atoms with E-state index in [9.17, 15) is 17.6 Å². The number of benzene rings is 2. The molecule has 28 heavy (non-hydrogen) atoms. The van der Waals surface area contributed by atoms with Crippen LogP contribution in [0.3, 0.4) is 0 Å². The Kier molecular flexibility index (Phi) is 9.58. The topological polar surface area (TPSA) is 80.5 Å². The van der Waals surface area contributed by atoms with Crippen molar-refractivity contribution in [3.05, 3.63) is 66.0 Å². The van der Waals surface area contributed by atoms with Crippen LogP contribution in [0, 0.1) is 5.82 Å². The van der Waals surface area contributed by atoms with Crippen molar-refractivity contribution in [2.24, 2.45) is 5.73 Å². The number of sulfone groups is 1. The molecule has 0 aliphatic carbocycles. The summed E-state index contributed by atoms with van der Waals surface area (Å²) >= 11 is 0. The van der Waals surface area contributed by atoms with Crippen LogP contribution in [-0.2, 0) is 21.1 Å². The van der Waals surface area contributed by atoms with Crippen LogP contribution in [0.2, 0.25) is 0 Å². The predicted molar refractivity (Wildman–Crippen MR) is 111 cm³/mol. The first kappa shape index (κ1) is 24.1. The van der Waals surface area contributed by atoms with Crippen LogP contribution in [0.15, 0.2) is 59.5 Å². The van der Waals surface area contributed by atoms with Gasteiger partial charge in [-0.25, -0.2) is 12.8 Å². The molecule has 0 aromatic heterocycles. The molecule has 2 aromatic carbocycles. The second-order valence-corrected chi connectivity index (χ2v) is 8.78. The molecule has 1 unspecified atom stereocenters. The summed E-state index contributed by atoms with van der Waals surface area (Å²) in [5, 5.41) is -0.910. The lowest BCUT2D eigenvalue weighted by Gasteiger charge is -2.24. The lowest BCUT2D eigenvalue weighted by Crippen LogP contribution is -2.39. The molecule has 154 valence electrons. The molecule has 1 atom stereocenters. The van der Waals surface area contributed by atoms with Gasteiger partial charge >= 0.3 is 0 Å². The highest BCUT2D eigenvalue weighted by molar-refractivity contribution is 7.92. The fraction of sp³-hybridized carbons (Fsp3) is 0.350. The Hall–Kier alpha value is -1.96. The van der Waals surface area contributed by atoms with Gasteiger partial charge in [0.2, 0.25) is 5.91 Å². The number of nitrogens with two attached hydrogens (primary N) is 1. The Morgan fingerprint density at radius 2 is 1.68 bits per heavy atom. The summed E-state index contributed by atoms with van der Waals surface area (Å²) < 4.78 is 38.3. The Bertz CT molecular complexity index is 846. The van der Waals surface area contributed by atoms with Gasteiger partial charge in [-0.05, 0) is 43.2 Å². The number of hydrogen-bond donors (Lipinski definition) is 1. The number of rotatable bonds is 9. The Labute approximate surface area is 172 Å². The molecule has 0 saturated carbocycles. The van der Waals surface area contributed by atoms with Crippen LogP contribution >= 0.6 is 12.4 Å². The first-order valence-corrected chi connectivity index (χ1v) is 10.4. The van der Waals surface area contributed by atoms with Crippen molar-refractivity contribution in [3.63, 3.8) is 0 Å². The van der Waals surface area contributed by atoms with Crippen molar-refractivity contribution in [3.8, 4) is 0 Å². The number of halogens is 2. The maximum absolute atomic E-state index is 13.0. The first-order chi connectivity index (χ1) is 12.8. The minimum atomic E-state index is -3.71. The molecular weight excluding hydrogens is 403 g/mol. The maximum atomic E-state index is 13.0. The van der Waals surface area contributed by atoms with Gasteiger partial charge in [0, 0.05) is 26.1 Å². The van der Waals surface area contributed by atoms with E-state index in [-0.39, 0.29) is 29.6 Å². The Balaban J connectivity index is 0.00000392. The van der Waals surface area contributed by atoms with Crippen molar-refractivity contribution in [2.75, 3.05) is 19.6 Å². The second kappa shape index (κ2) is 11.1. The molecule has 8 heteroatoms. The Morgan fingerprint density at radius 3 is 2.25 bits per heavy atom. The smallest absolute Gasteiger partial charge is 0.223 e. The van der Waals surface area contributed by atoms with Gasteiger partial charge in [-0.3, -0.25) is 4.79 Å². The van der Waals surface area contributed by atoms with Crippen LogP contribution < -0.4 is 5.73 Å². The molecule has 0 heterocycles.